The van der Waals surface area contributed by atoms with Gasteiger partial charge in [-0.2, -0.15) is 0 Å². The van der Waals surface area contributed by atoms with Gasteiger partial charge >= 0.3 is 0 Å². The molecule has 0 aromatic heterocycles. The minimum atomic E-state index is 0.558. The van der Waals surface area contributed by atoms with Gasteiger partial charge in [0, 0.05) is 12.1 Å². The first-order valence-electron chi connectivity index (χ1n) is 9.12. The molecule has 2 unspecified atom stereocenters. The Morgan fingerprint density at radius 3 is 2.43 bits per heavy atom. The highest BCUT2D eigenvalue weighted by Gasteiger charge is 2.25. The first-order valence-corrected chi connectivity index (χ1v) is 9.12. The van der Waals surface area contributed by atoms with Gasteiger partial charge in [0.2, 0.25) is 0 Å². The number of nitrogens with one attached hydrogen (secondary N) is 1. The average molecular weight is 287 g/mol. The fourth-order valence-corrected chi connectivity index (χ4v) is 3.72. The highest BCUT2D eigenvalue weighted by molar-refractivity contribution is 5.20. The van der Waals surface area contributed by atoms with Crippen LogP contribution in [0.25, 0.3) is 0 Å². The Balaban J connectivity index is 1.98. The Morgan fingerprint density at radius 2 is 1.76 bits per heavy atom. The zero-order valence-corrected chi connectivity index (χ0v) is 14.0. The van der Waals surface area contributed by atoms with Crippen molar-refractivity contribution in [3.63, 3.8) is 0 Å². The van der Waals surface area contributed by atoms with Gasteiger partial charge in [0.25, 0.3) is 0 Å². The van der Waals surface area contributed by atoms with Crippen LogP contribution < -0.4 is 5.32 Å². The summed E-state index contributed by atoms with van der Waals surface area (Å²) in [6.45, 7) is 4.65. The van der Waals surface area contributed by atoms with Gasteiger partial charge in [-0.3, -0.25) is 0 Å². The lowest BCUT2D eigenvalue weighted by Crippen LogP contribution is -2.35. The Bertz CT molecular complexity index is 367. The van der Waals surface area contributed by atoms with Gasteiger partial charge in [-0.1, -0.05) is 75.8 Å². The molecule has 0 radical (unpaired) electrons. The van der Waals surface area contributed by atoms with E-state index in [0.29, 0.717) is 12.1 Å². The molecule has 0 amide bonds. The number of benzene rings is 1. The smallest absolute Gasteiger partial charge is 0.0350 e. The maximum atomic E-state index is 3.96. The van der Waals surface area contributed by atoms with Crippen molar-refractivity contribution in [2.24, 2.45) is 5.92 Å². The fraction of sp³-hybridized carbons (Fsp3) is 0.700. The fourth-order valence-electron chi connectivity index (χ4n) is 3.72. The normalized spacial score (nSPS) is 19.3. The molecule has 0 heterocycles. The van der Waals surface area contributed by atoms with E-state index in [0.717, 1.165) is 5.92 Å². The summed E-state index contributed by atoms with van der Waals surface area (Å²) in [6.07, 6.45) is 12.4. The average Bonchev–Trinajstić information content (AvgIpc) is 2.54. The van der Waals surface area contributed by atoms with Crippen LogP contribution in [0.4, 0.5) is 0 Å². The van der Waals surface area contributed by atoms with Crippen molar-refractivity contribution in [3.8, 4) is 0 Å². The molecule has 1 aliphatic carbocycles. The van der Waals surface area contributed by atoms with E-state index >= 15 is 0 Å². The van der Waals surface area contributed by atoms with E-state index in [9.17, 15) is 0 Å². The van der Waals surface area contributed by atoms with Gasteiger partial charge < -0.3 is 5.32 Å². The number of hydrogen-bond donors (Lipinski definition) is 1. The van der Waals surface area contributed by atoms with E-state index in [1.807, 2.05) is 0 Å². The molecule has 1 aromatic carbocycles. The van der Waals surface area contributed by atoms with Crippen LogP contribution >= 0.6 is 0 Å². The molecule has 1 saturated carbocycles. The van der Waals surface area contributed by atoms with Gasteiger partial charge in [-0.25, -0.2) is 0 Å². The molecule has 2 atom stereocenters. The lowest BCUT2D eigenvalue weighted by atomic mass is 9.80. The van der Waals surface area contributed by atoms with Crippen molar-refractivity contribution in [3.05, 3.63) is 35.9 Å². The van der Waals surface area contributed by atoms with E-state index in [-0.39, 0.29) is 0 Å². The van der Waals surface area contributed by atoms with Crippen LogP contribution in [-0.4, -0.2) is 6.04 Å². The van der Waals surface area contributed by atoms with Crippen molar-refractivity contribution < 1.29 is 0 Å². The lowest BCUT2D eigenvalue weighted by Gasteiger charge is -2.33. The molecular weight excluding hydrogens is 254 g/mol. The van der Waals surface area contributed by atoms with Crippen molar-refractivity contribution in [1.29, 1.82) is 0 Å². The first kappa shape index (κ1) is 16.5. The molecule has 0 bridgehead atoms. The van der Waals surface area contributed by atoms with E-state index in [1.165, 1.54) is 63.4 Å². The summed E-state index contributed by atoms with van der Waals surface area (Å²) in [6, 6.07) is 12.3. The molecule has 1 aromatic rings. The maximum absolute atomic E-state index is 3.96. The second-order valence-electron chi connectivity index (χ2n) is 6.85. The van der Waals surface area contributed by atoms with Crippen LogP contribution in [-0.2, 0) is 0 Å². The zero-order valence-electron chi connectivity index (χ0n) is 14.0. The Labute approximate surface area is 131 Å². The monoisotopic (exact) mass is 287 g/mol. The van der Waals surface area contributed by atoms with E-state index in [4.69, 9.17) is 0 Å². The van der Waals surface area contributed by atoms with Gasteiger partial charge in [0.15, 0.2) is 0 Å². The van der Waals surface area contributed by atoms with Crippen molar-refractivity contribution in [2.45, 2.75) is 83.7 Å². The van der Waals surface area contributed by atoms with Crippen LogP contribution in [0.1, 0.15) is 83.2 Å². The molecule has 0 spiro atoms. The van der Waals surface area contributed by atoms with Crippen molar-refractivity contribution in [2.75, 3.05) is 0 Å². The lowest BCUT2D eigenvalue weighted by molar-refractivity contribution is 0.252. The highest BCUT2D eigenvalue weighted by Crippen LogP contribution is 2.34. The van der Waals surface area contributed by atoms with Crippen LogP contribution in [0, 0.1) is 5.92 Å². The van der Waals surface area contributed by atoms with E-state index in [2.05, 4.69) is 49.5 Å². The predicted octanol–water partition coefficient (Wildman–Crippen LogP) is 5.87. The van der Waals surface area contributed by atoms with Crippen LogP contribution in [0.2, 0.25) is 0 Å². The predicted molar refractivity (Wildman–Crippen MR) is 92.5 cm³/mol. The second kappa shape index (κ2) is 9.25. The standard InChI is InChI=1S/C20H33N/c1-3-4-7-12-17(2)21-20(18-13-8-5-9-14-18)19-15-10-6-11-16-19/h5,8-9,13-14,17,19-21H,3-4,6-7,10-12,15-16H2,1-2H3. The van der Waals surface area contributed by atoms with Crippen LogP contribution in [0.15, 0.2) is 30.3 Å². The zero-order chi connectivity index (χ0) is 14.9. The third-order valence-electron chi connectivity index (χ3n) is 4.98. The van der Waals surface area contributed by atoms with Gasteiger partial charge in [-0.05, 0) is 37.7 Å². The van der Waals surface area contributed by atoms with Gasteiger partial charge in [0.1, 0.15) is 0 Å². The molecule has 118 valence electrons. The maximum Gasteiger partial charge on any atom is 0.0350 e. The molecule has 1 fully saturated rings. The number of rotatable bonds is 8. The minimum Gasteiger partial charge on any atom is -0.307 e. The summed E-state index contributed by atoms with van der Waals surface area (Å²) in [5, 5.41) is 3.96. The third kappa shape index (κ3) is 5.47. The largest absolute Gasteiger partial charge is 0.307 e. The van der Waals surface area contributed by atoms with Crippen LogP contribution in [0.5, 0.6) is 0 Å². The molecule has 0 aliphatic heterocycles. The highest BCUT2D eigenvalue weighted by atomic mass is 15.0. The molecule has 1 N–H and O–H groups in total. The van der Waals surface area contributed by atoms with Gasteiger partial charge in [-0.15, -0.1) is 0 Å². The van der Waals surface area contributed by atoms with Crippen molar-refractivity contribution in [1.82, 2.24) is 5.32 Å². The van der Waals surface area contributed by atoms with Crippen LogP contribution in [0.3, 0.4) is 0 Å². The Morgan fingerprint density at radius 1 is 1.05 bits per heavy atom. The van der Waals surface area contributed by atoms with E-state index < -0.39 is 0 Å². The topological polar surface area (TPSA) is 12.0 Å². The summed E-state index contributed by atoms with van der Waals surface area (Å²) in [4.78, 5) is 0. The molecule has 21 heavy (non-hydrogen) atoms. The second-order valence-corrected chi connectivity index (χ2v) is 6.85. The minimum absolute atomic E-state index is 0.558. The third-order valence-corrected chi connectivity index (χ3v) is 4.98. The molecular formula is C20H33N. The summed E-state index contributed by atoms with van der Waals surface area (Å²) in [7, 11) is 0. The summed E-state index contributed by atoms with van der Waals surface area (Å²) >= 11 is 0. The quantitative estimate of drug-likeness (QED) is 0.590. The number of unbranched alkanes of at least 4 members (excludes halogenated alkanes) is 2. The Kier molecular flexibility index (Phi) is 7.29. The Hall–Kier alpha value is -0.820. The summed E-state index contributed by atoms with van der Waals surface area (Å²) < 4.78 is 0. The first-order chi connectivity index (χ1) is 10.3. The van der Waals surface area contributed by atoms with Crippen molar-refractivity contribution >= 4 is 0 Å². The molecule has 1 nitrogen and oxygen atoms in total. The van der Waals surface area contributed by atoms with Gasteiger partial charge in [0.05, 0.1) is 0 Å². The summed E-state index contributed by atoms with van der Waals surface area (Å²) in [5.41, 5.74) is 1.49. The SMILES string of the molecule is CCCCCC(C)NC(c1ccccc1)C1CCCCC1. The molecule has 2 rings (SSSR count). The van der Waals surface area contributed by atoms with E-state index in [1.54, 1.807) is 0 Å². The molecule has 1 heteroatoms. The molecule has 0 saturated heterocycles. The summed E-state index contributed by atoms with van der Waals surface area (Å²) in [5.74, 6) is 0.828. The molecule has 1 aliphatic rings. The number of hydrogen-bond acceptors (Lipinski definition) is 1.